The second kappa shape index (κ2) is 11.8. The predicted octanol–water partition coefficient (Wildman–Crippen LogP) is 14.9. The fourth-order valence-electron chi connectivity index (χ4n) is 7.76. The summed E-state index contributed by atoms with van der Waals surface area (Å²) < 4.78 is 103. The first kappa shape index (κ1) is 20.8. The lowest BCUT2D eigenvalue weighted by molar-refractivity contribution is 0.669. The molecule has 1 aromatic heterocycles. The van der Waals surface area contributed by atoms with Crippen LogP contribution in [-0.4, -0.2) is 0 Å². The van der Waals surface area contributed by atoms with Gasteiger partial charge in [0.1, 0.15) is 11.2 Å². The van der Waals surface area contributed by atoms with Crippen molar-refractivity contribution in [2.75, 3.05) is 0 Å². The molecule has 246 valence electrons. The van der Waals surface area contributed by atoms with Gasteiger partial charge in [0, 0.05) is 10.8 Å². The van der Waals surface area contributed by atoms with Crippen molar-refractivity contribution in [1.82, 2.24) is 0 Å². The molecule has 0 radical (unpaired) electrons. The first-order chi connectivity index (χ1) is 30.9. The molecule has 0 aliphatic rings. The number of benzene rings is 10. The van der Waals surface area contributed by atoms with Crippen LogP contribution in [0.2, 0.25) is 0 Å². The van der Waals surface area contributed by atoms with Crippen molar-refractivity contribution in [2.24, 2.45) is 0 Å². The monoisotopic (exact) mass is 683 g/mol. The average Bonchev–Trinajstić information content (AvgIpc) is 3.73. The van der Waals surface area contributed by atoms with Gasteiger partial charge in [-0.3, -0.25) is 0 Å². The number of hydrogen-bond donors (Lipinski definition) is 0. The van der Waals surface area contributed by atoms with Crippen LogP contribution in [0, 0.1) is 0 Å². The standard InChI is InChI=1S/C52H32O/c1-2-11-33(12-3-1)36-25-27-50-48(30-36)49-31-38(26-28-51(49)53-50)37-24-23-35-16-9-21-44(46(35)29-37)52-41-18-7-5-14-39(41)32-47-43(20-10-22-45(47)52)42-19-8-15-34-13-4-6-17-40(34)42/h1-32H/i1D,2D,3D,11D,12D,25D,26D,27D,28D,30D,31D. The first-order valence-corrected chi connectivity index (χ1v) is 17.4. The molecule has 1 heterocycles. The summed E-state index contributed by atoms with van der Waals surface area (Å²) in [6, 6.07) is 37.5. The molecule has 0 unspecified atom stereocenters. The Morgan fingerprint density at radius 1 is 0.340 bits per heavy atom. The van der Waals surface area contributed by atoms with Crippen molar-refractivity contribution in [1.29, 1.82) is 0 Å². The number of hydrogen-bond acceptors (Lipinski definition) is 1. The van der Waals surface area contributed by atoms with Crippen LogP contribution in [0.1, 0.15) is 15.1 Å². The van der Waals surface area contributed by atoms with Crippen molar-refractivity contribution in [3.63, 3.8) is 0 Å². The van der Waals surface area contributed by atoms with E-state index in [1.807, 2.05) is 42.5 Å². The van der Waals surface area contributed by atoms with E-state index >= 15 is 0 Å². The summed E-state index contributed by atoms with van der Waals surface area (Å²) in [5.74, 6) is 0. The molecule has 11 aromatic rings. The summed E-state index contributed by atoms with van der Waals surface area (Å²) in [7, 11) is 0. The molecule has 0 bridgehead atoms. The molecule has 0 fully saturated rings. The molecule has 0 aliphatic carbocycles. The van der Waals surface area contributed by atoms with Gasteiger partial charge in [-0.05, 0) is 124 Å². The van der Waals surface area contributed by atoms with Crippen molar-refractivity contribution in [3.05, 3.63) is 194 Å². The van der Waals surface area contributed by atoms with Crippen molar-refractivity contribution < 1.29 is 19.5 Å². The molecule has 1 heteroatoms. The molecule has 0 atom stereocenters. The van der Waals surface area contributed by atoms with Gasteiger partial charge in [-0.15, -0.1) is 0 Å². The van der Waals surface area contributed by atoms with Gasteiger partial charge in [-0.1, -0.05) is 158 Å². The van der Waals surface area contributed by atoms with Crippen LogP contribution >= 0.6 is 0 Å². The van der Waals surface area contributed by atoms with Gasteiger partial charge < -0.3 is 4.42 Å². The van der Waals surface area contributed by atoms with Crippen LogP contribution in [0.5, 0.6) is 0 Å². The number of rotatable bonds is 4. The topological polar surface area (TPSA) is 13.1 Å². The Labute approximate surface area is 322 Å². The predicted molar refractivity (Wildman–Crippen MR) is 225 cm³/mol. The lowest BCUT2D eigenvalue weighted by Crippen LogP contribution is -1.90. The van der Waals surface area contributed by atoms with E-state index < -0.39 is 53.9 Å². The van der Waals surface area contributed by atoms with E-state index in [-0.39, 0.29) is 51.2 Å². The Kier molecular flexibility index (Phi) is 4.63. The van der Waals surface area contributed by atoms with Crippen LogP contribution in [0.3, 0.4) is 0 Å². The molecule has 11 rings (SSSR count). The summed E-state index contributed by atoms with van der Waals surface area (Å²) in [5.41, 5.74) is 3.40. The molecule has 0 spiro atoms. The third kappa shape index (κ3) is 4.79. The lowest BCUT2D eigenvalue weighted by atomic mass is 9.86. The second-order valence-corrected chi connectivity index (χ2v) is 13.2. The molecule has 0 amide bonds. The van der Waals surface area contributed by atoms with E-state index in [2.05, 4.69) is 78.9 Å². The zero-order valence-corrected chi connectivity index (χ0v) is 28.0. The first-order valence-electron chi connectivity index (χ1n) is 22.9. The Balaban J connectivity index is 1.18. The molecule has 0 saturated carbocycles. The van der Waals surface area contributed by atoms with E-state index in [1.54, 1.807) is 6.07 Å². The summed E-state index contributed by atoms with van der Waals surface area (Å²) in [6.07, 6.45) is 0. The van der Waals surface area contributed by atoms with Gasteiger partial charge in [-0.25, -0.2) is 0 Å². The highest BCUT2D eigenvalue weighted by Crippen LogP contribution is 2.44. The maximum absolute atomic E-state index is 9.68. The Morgan fingerprint density at radius 2 is 0.925 bits per heavy atom. The lowest BCUT2D eigenvalue weighted by Gasteiger charge is -2.18. The minimum absolute atomic E-state index is 0.0486. The van der Waals surface area contributed by atoms with Crippen LogP contribution < -0.4 is 0 Å². The molecule has 53 heavy (non-hydrogen) atoms. The van der Waals surface area contributed by atoms with Gasteiger partial charge in [0.25, 0.3) is 0 Å². The van der Waals surface area contributed by atoms with Crippen molar-refractivity contribution in [3.8, 4) is 44.5 Å². The van der Waals surface area contributed by atoms with E-state index in [4.69, 9.17) is 15.4 Å². The zero-order chi connectivity index (χ0) is 44.5. The highest BCUT2D eigenvalue weighted by atomic mass is 16.3. The molecule has 0 N–H and O–H groups in total. The van der Waals surface area contributed by atoms with Gasteiger partial charge in [0.2, 0.25) is 0 Å². The van der Waals surface area contributed by atoms with E-state index in [0.29, 0.717) is 5.56 Å². The maximum Gasteiger partial charge on any atom is 0.135 e. The minimum atomic E-state index is -0.660. The Morgan fingerprint density at radius 3 is 1.70 bits per heavy atom. The smallest absolute Gasteiger partial charge is 0.135 e. The van der Waals surface area contributed by atoms with Gasteiger partial charge >= 0.3 is 0 Å². The van der Waals surface area contributed by atoms with E-state index in [1.165, 1.54) is 0 Å². The highest BCUT2D eigenvalue weighted by molar-refractivity contribution is 6.20. The fourth-order valence-corrected chi connectivity index (χ4v) is 7.76. The number of fused-ring (bicyclic) bond motifs is 7. The zero-order valence-electron chi connectivity index (χ0n) is 39.0. The largest absolute Gasteiger partial charge is 0.456 e. The van der Waals surface area contributed by atoms with E-state index in [0.717, 1.165) is 65.3 Å². The SMILES string of the molecule is [2H]c1c([2H])c([2H])c(-c2c([2H])c([2H])c3oc4c([2H])c([2H])c(-c5ccc6cccc(-c7c8ccccc8cc8c(-c9cccc%10ccccc9%10)cccc78)c6c5)c([2H])c4c3c2[2H])c([2H])c1[2H]. The van der Waals surface area contributed by atoms with Gasteiger partial charge in [-0.2, -0.15) is 0 Å². The summed E-state index contributed by atoms with van der Waals surface area (Å²) in [6.45, 7) is 0. The minimum Gasteiger partial charge on any atom is -0.456 e. The second-order valence-electron chi connectivity index (χ2n) is 13.2. The molecular weight excluding hydrogens is 641 g/mol. The molecule has 0 saturated heterocycles. The molecule has 0 aliphatic heterocycles. The summed E-state index contributed by atoms with van der Waals surface area (Å²) in [4.78, 5) is 0. The van der Waals surface area contributed by atoms with Crippen molar-refractivity contribution in [2.45, 2.75) is 0 Å². The third-order valence-electron chi connectivity index (χ3n) is 10.2. The van der Waals surface area contributed by atoms with Gasteiger partial charge in [0.05, 0.1) is 15.1 Å². The van der Waals surface area contributed by atoms with Crippen LogP contribution in [0.25, 0.3) is 110 Å². The van der Waals surface area contributed by atoms with Crippen LogP contribution in [0.4, 0.5) is 0 Å². The summed E-state index contributed by atoms with van der Waals surface area (Å²) >= 11 is 0. The summed E-state index contributed by atoms with van der Waals surface area (Å²) in [5, 5.41) is 8.10. The van der Waals surface area contributed by atoms with Crippen LogP contribution in [0.15, 0.2) is 198 Å². The highest BCUT2D eigenvalue weighted by Gasteiger charge is 2.17. The molecular formula is C52H32O. The maximum atomic E-state index is 9.68. The van der Waals surface area contributed by atoms with E-state index in [9.17, 15) is 4.11 Å². The Hall–Kier alpha value is -6.96. The van der Waals surface area contributed by atoms with Crippen LogP contribution in [-0.2, 0) is 0 Å². The molecule has 10 aromatic carbocycles. The quantitative estimate of drug-likeness (QED) is 0.168. The normalized spacial score (nSPS) is 14.7. The third-order valence-corrected chi connectivity index (χ3v) is 10.2. The Bertz CT molecular complexity index is 3840. The number of furan rings is 1. The molecule has 1 nitrogen and oxygen atoms in total. The fraction of sp³-hybridized carbons (Fsp3) is 0. The average molecular weight is 684 g/mol. The van der Waals surface area contributed by atoms with Crippen molar-refractivity contribution >= 4 is 65.0 Å². The van der Waals surface area contributed by atoms with Gasteiger partial charge in [0.15, 0.2) is 0 Å².